The van der Waals surface area contributed by atoms with Gasteiger partial charge in [0.1, 0.15) is 17.5 Å². The number of ether oxygens (including phenoxy) is 2. The van der Waals surface area contributed by atoms with Gasteiger partial charge in [0.2, 0.25) is 0 Å². The highest BCUT2D eigenvalue weighted by molar-refractivity contribution is 5.92. The van der Waals surface area contributed by atoms with Crippen LogP contribution in [0.3, 0.4) is 0 Å². The number of carbonyl (C=O) groups excluding carboxylic acids is 2. The van der Waals surface area contributed by atoms with Crippen molar-refractivity contribution >= 4 is 17.9 Å². The molecule has 1 N–H and O–H groups in total. The molecule has 0 radical (unpaired) electrons. The van der Waals surface area contributed by atoms with Crippen LogP contribution >= 0.6 is 0 Å². The SMILES string of the molecule is COC(=O)/C(=C/C1(c2cccnc2[N+](=O)[O-])CC1)NC(=O)OC(C)(C)C. The maximum absolute atomic E-state index is 12.1. The van der Waals surface area contributed by atoms with E-state index in [0.29, 0.717) is 18.4 Å². The highest BCUT2D eigenvalue weighted by Crippen LogP contribution is 2.52. The van der Waals surface area contributed by atoms with Crippen LogP contribution in [0, 0.1) is 10.1 Å². The maximum atomic E-state index is 12.1. The van der Waals surface area contributed by atoms with Crippen molar-refractivity contribution in [3.63, 3.8) is 0 Å². The van der Waals surface area contributed by atoms with Gasteiger partial charge in [-0.2, -0.15) is 0 Å². The normalized spacial score (nSPS) is 15.8. The molecule has 0 spiro atoms. The molecule has 9 nitrogen and oxygen atoms in total. The van der Waals surface area contributed by atoms with E-state index in [1.165, 1.54) is 19.4 Å². The molecule has 140 valence electrons. The van der Waals surface area contributed by atoms with Gasteiger partial charge in [-0.1, -0.05) is 0 Å². The van der Waals surface area contributed by atoms with Crippen molar-refractivity contribution in [2.45, 2.75) is 44.6 Å². The van der Waals surface area contributed by atoms with E-state index in [4.69, 9.17) is 9.47 Å². The minimum absolute atomic E-state index is 0.127. The Morgan fingerprint density at radius 3 is 2.54 bits per heavy atom. The number of nitrogens with one attached hydrogen (secondary N) is 1. The molecule has 1 aliphatic rings. The molecular weight excluding hydrogens is 342 g/mol. The molecule has 0 aliphatic heterocycles. The van der Waals surface area contributed by atoms with Crippen molar-refractivity contribution in [3.05, 3.63) is 45.8 Å². The van der Waals surface area contributed by atoms with E-state index in [2.05, 4.69) is 10.3 Å². The third kappa shape index (κ3) is 4.56. The number of pyridine rings is 1. The molecule has 1 amide bonds. The van der Waals surface area contributed by atoms with Crippen molar-refractivity contribution in [1.82, 2.24) is 10.3 Å². The lowest BCUT2D eigenvalue weighted by molar-refractivity contribution is -0.390. The maximum Gasteiger partial charge on any atom is 0.412 e. The minimum atomic E-state index is -0.814. The third-order valence-corrected chi connectivity index (χ3v) is 3.75. The van der Waals surface area contributed by atoms with Crippen molar-refractivity contribution in [2.75, 3.05) is 7.11 Å². The number of rotatable bonds is 5. The summed E-state index contributed by atoms with van der Waals surface area (Å²) in [6, 6.07) is 3.19. The number of hydrogen-bond donors (Lipinski definition) is 1. The Labute approximate surface area is 150 Å². The largest absolute Gasteiger partial charge is 0.464 e. The van der Waals surface area contributed by atoms with E-state index >= 15 is 0 Å². The smallest absolute Gasteiger partial charge is 0.412 e. The number of allylic oxidation sites excluding steroid dienone is 1. The van der Waals surface area contributed by atoms with Gasteiger partial charge in [0, 0.05) is 5.41 Å². The number of hydrogen-bond acceptors (Lipinski definition) is 7. The third-order valence-electron chi connectivity index (χ3n) is 3.75. The molecule has 1 saturated carbocycles. The second-order valence-electron chi connectivity index (χ2n) is 6.96. The lowest BCUT2D eigenvalue weighted by atomic mass is 9.95. The van der Waals surface area contributed by atoms with Gasteiger partial charge in [-0.05, 0) is 61.7 Å². The Hall–Kier alpha value is -2.97. The molecule has 26 heavy (non-hydrogen) atoms. The second kappa shape index (κ2) is 7.11. The number of methoxy groups -OCH3 is 1. The Morgan fingerprint density at radius 2 is 2.04 bits per heavy atom. The first-order valence-electron chi connectivity index (χ1n) is 7.99. The van der Waals surface area contributed by atoms with Crippen LogP contribution in [0.25, 0.3) is 0 Å². The second-order valence-corrected chi connectivity index (χ2v) is 6.96. The Kier molecular flexibility index (Phi) is 5.29. The van der Waals surface area contributed by atoms with E-state index in [9.17, 15) is 19.7 Å². The van der Waals surface area contributed by atoms with Crippen LogP contribution in [-0.4, -0.2) is 34.7 Å². The summed E-state index contributed by atoms with van der Waals surface area (Å²) in [7, 11) is 1.18. The van der Waals surface area contributed by atoms with Gasteiger partial charge in [0.15, 0.2) is 0 Å². The zero-order valence-corrected chi connectivity index (χ0v) is 15.1. The lowest BCUT2D eigenvalue weighted by Gasteiger charge is -2.20. The van der Waals surface area contributed by atoms with Crippen LogP contribution in [0.2, 0.25) is 0 Å². The van der Waals surface area contributed by atoms with Crippen LogP contribution in [0.1, 0.15) is 39.2 Å². The first-order chi connectivity index (χ1) is 12.1. The Morgan fingerprint density at radius 1 is 1.38 bits per heavy atom. The number of nitrogens with zero attached hydrogens (tertiary/aromatic N) is 2. The van der Waals surface area contributed by atoms with E-state index in [1.807, 2.05) is 0 Å². The fourth-order valence-electron chi connectivity index (χ4n) is 2.50. The first kappa shape index (κ1) is 19.4. The molecule has 0 atom stereocenters. The molecule has 0 aromatic carbocycles. The molecule has 1 heterocycles. The van der Waals surface area contributed by atoms with Crippen LogP contribution in [0.15, 0.2) is 30.1 Å². The van der Waals surface area contributed by atoms with Crippen LogP contribution in [-0.2, 0) is 19.7 Å². The fourth-order valence-corrected chi connectivity index (χ4v) is 2.50. The highest BCUT2D eigenvalue weighted by Gasteiger charge is 2.48. The summed E-state index contributed by atoms with van der Waals surface area (Å²) < 4.78 is 9.85. The van der Waals surface area contributed by atoms with Crippen LogP contribution in [0.4, 0.5) is 10.6 Å². The topological polar surface area (TPSA) is 121 Å². The van der Waals surface area contributed by atoms with Crippen molar-refractivity contribution in [2.24, 2.45) is 0 Å². The standard InChI is InChI=1S/C17H21N3O6/c1-16(2,3)26-15(22)19-12(14(21)25-4)10-17(7-8-17)11-6-5-9-18-13(11)20(23)24/h5-6,9-10H,7-8H2,1-4H3,(H,19,22)/b12-10-. The summed E-state index contributed by atoms with van der Waals surface area (Å²) in [5.74, 6) is -1.04. The van der Waals surface area contributed by atoms with Crippen molar-refractivity contribution < 1.29 is 24.0 Å². The zero-order chi connectivity index (χ0) is 19.5. The van der Waals surface area contributed by atoms with Gasteiger partial charge in [0.05, 0.1) is 12.7 Å². The van der Waals surface area contributed by atoms with Gasteiger partial charge in [-0.25, -0.2) is 9.59 Å². The van der Waals surface area contributed by atoms with Crippen molar-refractivity contribution in [3.8, 4) is 0 Å². The van der Waals surface area contributed by atoms with E-state index in [-0.39, 0.29) is 11.5 Å². The Balaban J connectivity index is 2.37. The van der Waals surface area contributed by atoms with Crippen LogP contribution in [0.5, 0.6) is 0 Å². The molecule has 0 unspecified atom stereocenters. The number of aromatic nitrogens is 1. The van der Waals surface area contributed by atoms with E-state index in [1.54, 1.807) is 32.9 Å². The molecule has 0 saturated heterocycles. The lowest BCUT2D eigenvalue weighted by Crippen LogP contribution is -2.35. The summed E-state index contributed by atoms with van der Waals surface area (Å²) in [6.45, 7) is 5.07. The highest BCUT2D eigenvalue weighted by atomic mass is 16.6. The summed E-state index contributed by atoms with van der Waals surface area (Å²) in [5, 5.41) is 13.6. The van der Waals surface area contributed by atoms with Gasteiger partial charge < -0.3 is 19.6 Å². The summed E-state index contributed by atoms with van der Waals surface area (Å²) in [6.07, 6.45) is 3.16. The Bertz CT molecular complexity index is 762. The predicted octanol–water partition coefficient (Wildman–Crippen LogP) is 2.60. The van der Waals surface area contributed by atoms with Crippen molar-refractivity contribution in [1.29, 1.82) is 0 Å². The summed E-state index contributed by atoms with van der Waals surface area (Å²) >= 11 is 0. The summed E-state index contributed by atoms with van der Waals surface area (Å²) in [5.41, 5.74) is -1.24. The predicted molar refractivity (Wildman–Crippen MR) is 91.3 cm³/mol. The van der Waals surface area contributed by atoms with Crippen LogP contribution < -0.4 is 5.32 Å². The number of amides is 1. The first-order valence-corrected chi connectivity index (χ1v) is 7.99. The average Bonchev–Trinajstić information content (AvgIpc) is 3.32. The number of esters is 1. The monoisotopic (exact) mass is 363 g/mol. The molecular formula is C17H21N3O6. The van der Waals surface area contributed by atoms with E-state index < -0.39 is 28.0 Å². The quantitative estimate of drug-likeness (QED) is 0.369. The molecule has 1 fully saturated rings. The fraction of sp³-hybridized carbons (Fsp3) is 0.471. The molecule has 1 aromatic heterocycles. The van der Waals surface area contributed by atoms with E-state index in [0.717, 1.165) is 0 Å². The molecule has 2 rings (SSSR count). The van der Waals surface area contributed by atoms with Gasteiger partial charge in [-0.15, -0.1) is 0 Å². The van der Waals surface area contributed by atoms with Gasteiger partial charge in [-0.3, -0.25) is 5.32 Å². The molecule has 1 aliphatic carbocycles. The molecule has 1 aromatic rings. The molecule has 0 bridgehead atoms. The number of alkyl carbamates (subject to hydrolysis) is 1. The molecule has 9 heteroatoms. The number of carbonyl (C=O) groups is 2. The number of nitro groups is 1. The summed E-state index contributed by atoms with van der Waals surface area (Å²) in [4.78, 5) is 38.6. The average molecular weight is 363 g/mol. The van der Waals surface area contributed by atoms with Gasteiger partial charge >= 0.3 is 17.9 Å². The zero-order valence-electron chi connectivity index (χ0n) is 15.1. The van der Waals surface area contributed by atoms with Gasteiger partial charge in [0.25, 0.3) is 0 Å². The minimum Gasteiger partial charge on any atom is -0.464 e.